The molecule has 1 amide bonds. The van der Waals surface area contributed by atoms with Gasteiger partial charge in [-0.1, -0.05) is 33.3 Å². The Morgan fingerprint density at radius 3 is 2.43 bits per heavy atom. The molecular formula is C16H19BrN4O2. The number of likely N-dealkylation sites (tertiary alicyclic amines) is 1. The molecule has 0 spiro atoms. The van der Waals surface area contributed by atoms with E-state index >= 15 is 0 Å². The largest absolute Gasteiger partial charge is 0.444 e. The van der Waals surface area contributed by atoms with Gasteiger partial charge in [-0.2, -0.15) is 0 Å². The average molecular weight is 379 g/mol. The van der Waals surface area contributed by atoms with Crippen molar-refractivity contribution in [1.82, 2.24) is 19.9 Å². The molecule has 0 unspecified atom stereocenters. The molecule has 0 radical (unpaired) electrons. The zero-order valence-electron chi connectivity index (χ0n) is 13.4. The van der Waals surface area contributed by atoms with Crippen molar-refractivity contribution in [2.24, 2.45) is 0 Å². The number of nitrogens with zero attached hydrogens (tertiary/aromatic N) is 4. The van der Waals surface area contributed by atoms with Crippen LogP contribution in [0.25, 0.3) is 0 Å². The normalized spacial score (nSPS) is 16.8. The Balaban J connectivity index is 1.84. The van der Waals surface area contributed by atoms with Gasteiger partial charge < -0.3 is 9.64 Å². The molecule has 3 rings (SSSR count). The molecule has 0 atom stereocenters. The number of aromatic nitrogens is 3. The second-order valence-corrected chi connectivity index (χ2v) is 7.64. The van der Waals surface area contributed by atoms with E-state index in [0.717, 1.165) is 10.0 Å². The summed E-state index contributed by atoms with van der Waals surface area (Å²) in [5.74, 6) is 0. The van der Waals surface area contributed by atoms with Gasteiger partial charge in [0, 0.05) is 10.7 Å². The van der Waals surface area contributed by atoms with Crippen LogP contribution >= 0.6 is 15.9 Å². The maximum Gasteiger partial charge on any atom is 0.410 e. The van der Waals surface area contributed by atoms with Gasteiger partial charge in [-0.3, -0.25) is 0 Å². The van der Waals surface area contributed by atoms with E-state index in [1.54, 1.807) is 11.1 Å². The molecule has 7 heteroatoms. The van der Waals surface area contributed by atoms with E-state index < -0.39 is 11.1 Å². The van der Waals surface area contributed by atoms with Gasteiger partial charge in [0.1, 0.15) is 11.1 Å². The second-order valence-electron chi connectivity index (χ2n) is 6.72. The Morgan fingerprint density at radius 2 is 1.91 bits per heavy atom. The zero-order chi connectivity index (χ0) is 16.7. The lowest BCUT2D eigenvalue weighted by molar-refractivity contribution is -0.0201. The molecule has 2 aromatic rings. The van der Waals surface area contributed by atoms with Crippen LogP contribution in [0.4, 0.5) is 4.79 Å². The molecule has 1 saturated heterocycles. The summed E-state index contributed by atoms with van der Waals surface area (Å²) in [5.41, 5.74) is 0.194. The van der Waals surface area contributed by atoms with Crippen molar-refractivity contribution in [3.8, 4) is 0 Å². The first-order chi connectivity index (χ1) is 10.8. The van der Waals surface area contributed by atoms with Gasteiger partial charge in [0.15, 0.2) is 0 Å². The lowest BCUT2D eigenvalue weighted by Gasteiger charge is -2.49. The topological polar surface area (TPSA) is 60.2 Å². The van der Waals surface area contributed by atoms with E-state index in [9.17, 15) is 4.79 Å². The second kappa shape index (κ2) is 5.63. The summed E-state index contributed by atoms with van der Waals surface area (Å²) in [5, 5.41) is 8.07. The molecule has 2 heterocycles. The average Bonchev–Trinajstić information content (AvgIpc) is 2.92. The van der Waals surface area contributed by atoms with E-state index in [1.807, 2.05) is 55.9 Å². The van der Waals surface area contributed by atoms with Gasteiger partial charge >= 0.3 is 6.09 Å². The molecule has 23 heavy (non-hydrogen) atoms. The van der Waals surface area contributed by atoms with Crippen molar-refractivity contribution in [3.05, 3.63) is 46.7 Å². The van der Waals surface area contributed by atoms with Crippen LogP contribution in [0.1, 0.15) is 26.3 Å². The number of halogens is 1. The zero-order valence-corrected chi connectivity index (χ0v) is 14.9. The number of carbonyl (C=O) groups excluding carboxylic acids is 1. The molecule has 1 aromatic heterocycles. The van der Waals surface area contributed by atoms with Crippen LogP contribution in [-0.4, -0.2) is 44.7 Å². The first kappa shape index (κ1) is 16.0. The summed E-state index contributed by atoms with van der Waals surface area (Å²) in [6, 6.07) is 8.06. The number of amides is 1. The predicted octanol–water partition coefficient (Wildman–Crippen LogP) is 3.03. The van der Waals surface area contributed by atoms with Crippen LogP contribution in [-0.2, 0) is 10.3 Å². The van der Waals surface area contributed by atoms with Crippen LogP contribution in [0.2, 0.25) is 0 Å². The number of hydrogen-bond donors (Lipinski definition) is 0. The summed E-state index contributed by atoms with van der Waals surface area (Å²) in [6.07, 6.45) is 3.18. The van der Waals surface area contributed by atoms with Gasteiger partial charge in [-0.25, -0.2) is 9.48 Å². The number of carbonyl (C=O) groups is 1. The molecule has 0 N–H and O–H groups in total. The molecule has 0 bridgehead atoms. The van der Waals surface area contributed by atoms with E-state index in [0.29, 0.717) is 13.1 Å². The van der Waals surface area contributed by atoms with Gasteiger partial charge in [-0.15, -0.1) is 5.10 Å². The molecule has 0 aliphatic carbocycles. The predicted molar refractivity (Wildman–Crippen MR) is 89.0 cm³/mol. The number of rotatable bonds is 2. The van der Waals surface area contributed by atoms with E-state index in [4.69, 9.17) is 4.74 Å². The molecule has 0 saturated carbocycles. The van der Waals surface area contributed by atoms with E-state index in [1.165, 1.54) is 0 Å². The summed E-state index contributed by atoms with van der Waals surface area (Å²) < 4.78 is 8.27. The summed E-state index contributed by atoms with van der Waals surface area (Å²) >= 11 is 3.45. The molecule has 122 valence electrons. The molecule has 1 fully saturated rings. The Bertz CT molecular complexity index is 686. The summed E-state index contributed by atoms with van der Waals surface area (Å²) in [6.45, 7) is 6.61. The van der Waals surface area contributed by atoms with Crippen molar-refractivity contribution >= 4 is 22.0 Å². The lowest BCUT2D eigenvalue weighted by Crippen LogP contribution is -2.65. The van der Waals surface area contributed by atoms with Crippen molar-refractivity contribution in [1.29, 1.82) is 0 Å². The monoisotopic (exact) mass is 378 g/mol. The van der Waals surface area contributed by atoms with Crippen molar-refractivity contribution in [3.63, 3.8) is 0 Å². The van der Waals surface area contributed by atoms with Crippen molar-refractivity contribution in [2.75, 3.05) is 13.1 Å². The maximum atomic E-state index is 12.2. The van der Waals surface area contributed by atoms with Crippen LogP contribution in [0.15, 0.2) is 41.1 Å². The molecule has 1 aliphatic rings. The van der Waals surface area contributed by atoms with Crippen molar-refractivity contribution < 1.29 is 9.53 Å². The Labute approximate surface area is 143 Å². The SMILES string of the molecule is CC(C)(C)OC(=O)N1CC(c2ccc(Br)cc2)(n2ccnn2)C1. The third kappa shape index (κ3) is 3.10. The van der Waals surface area contributed by atoms with Gasteiger partial charge in [0.05, 0.1) is 19.3 Å². The molecular weight excluding hydrogens is 360 g/mol. The number of benzene rings is 1. The summed E-state index contributed by atoms with van der Waals surface area (Å²) in [4.78, 5) is 13.9. The highest BCUT2D eigenvalue weighted by Gasteiger charge is 2.50. The highest BCUT2D eigenvalue weighted by Crippen LogP contribution is 2.36. The summed E-state index contributed by atoms with van der Waals surface area (Å²) in [7, 11) is 0. The molecule has 1 aliphatic heterocycles. The minimum atomic E-state index is -0.500. The van der Waals surface area contributed by atoms with Crippen LogP contribution < -0.4 is 0 Å². The standard InChI is InChI=1S/C16H19BrN4O2/c1-15(2,3)23-14(22)20-10-16(11-20,21-9-8-18-19-21)12-4-6-13(17)7-5-12/h4-9H,10-11H2,1-3H3. The Hall–Kier alpha value is -1.89. The lowest BCUT2D eigenvalue weighted by atomic mass is 9.82. The van der Waals surface area contributed by atoms with E-state index in [2.05, 4.69) is 26.2 Å². The van der Waals surface area contributed by atoms with Gasteiger partial charge in [0.2, 0.25) is 0 Å². The van der Waals surface area contributed by atoms with Gasteiger partial charge in [0.25, 0.3) is 0 Å². The minimum Gasteiger partial charge on any atom is -0.444 e. The molecule has 1 aromatic carbocycles. The smallest absolute Gasteiger partial charge is 0.410 e. The van der Waals surface area contributed by atoms with E-state index in [-0.39, 0.29) is 6.09 Å². The highest BCUT2D eigenvalue weighted by atomic mass is 79.9. The number of ether oxygens (including phenoxy) is 1. The van der Waals surface area contributed by atoms with Crippen LogP contribution in [0, 0.1) is 0 Å². The first-order valence-electron chi connectivity index (χ1n) is 7.41. The Kier molecular flexibility index (Phi) is 3.91. The van der Waals surface area contributed by atoms with Gasteiger partial charge in [-0.05, 0) is 38.5 Å². The Morgan fingerprint density at radius 1 is 1.26 bits per heavy atom. The first-order valence-corrected chi connectivity index (χ1v) is 8.20. The third-order valence-corrected chi connectivity index (χ3v) is 4.33. The fourth-order valence-corrected chi connectivity index (χ4v) is 2.96. The van der Waals surface area contributed by atoms with Crippen LogP contribution in [0.5, 0.6) is 0 Å². The van der Waals surface area contributed by atoms with Crippen LogP contribution in [0.3, 0.4) is 0 Å². The quantitative estimate of drug-likeness (QED) is 0.805. The van der Waals surface area contributed by atoms with Crippen molar-refractivity contribution in [2.45, 2.75) is 31.9 Å². The molecule has 6 nitrogen and oxygen atoms in total. The third-order valence-electron chi connectivity index (χ3n) is 3.80. The fourth-order valence-electron chi connectivity index (χ4n) is 2.70. The minimum absolute atomic E-state index is 0.301. The highest BCUT2D eigenvalue weighted by molar-refractivity contribution is 9.10. The number of hydrogen-bond acceptors (Lipinski definition) is 4. The fraction of sp³-hybridized carbons (Fsp3) is 0.438. The maximum absolute atomic E-state index is 12.2.